The summed E-state index contributed by atoms with van der Waals surface area (Å²) < 4.78 is 0. The van der Waals surface area contributed by atoms with Gasteiger partial charge in [0, 0.05) is 10.6 Å². The summed E-state index contributed by atoms with van der Waals surface area (Å²) in [6, 6.07) is 16.7. The summed E-state index contributed by atoms with van der Waals surface area (Å²) in [7, 11) is -1.43. The van der Waals surface area contributed by atoms with Crippen molar-refractivity contribution in [3.63, 3.8) is 0 Å². The topological polar surface area (TPSA) is 64.2 Å². The molecule has 0 aliphatic heterocycles. The van der Waals surface area contributed by atoms with Gasteiger partial charge in [-0.25, -0.2) is 0 Å². The molecule has 2 aromatic rings. The summed E-state index contributed by atoms with van der Waals surface area (Å²) in [5.74, 6) is 0.774. The van der Waals surface area contributed by atoms with Gasteiger partial charge in [0.25, 0.3) is 0 Å². The predicted octanol–water partition coefficient (Wildman–Crippen LogP) is 1.53. The molecule has 0 unspecified atom stereocenters. The summed E-state index contributed by atoms with van der Waals surface area (Å²) in [5.41, 5.74) is 2.27. The van der Waals surface area contributed by atoms with Gasteiger partial charge in [0.2, 0.25) is 0 Å². The fourth-order valence-electron chi connectivity index (χ4n) is 1.61. The Kier molecular flexibility index (Phi) is 4.64. The van der Waals surface area contributed by atoms with Crippen LogP contribution >= 0.6 is 11.8 Å². The quantitative estimate of drug-likeness (QED) is 0.652. The molecule has 0 bridgehead atoms. The van der Waals surface area contributed by atoms with E-state index in [0.29, 0.717) is 11.0 Å². The van der Waals surface area contributed by atoms with Gasteiger partial charge in [-0.05, 0) is 35.3 Å². The Balaban J connectivity index is 2.02. The molecule has 0 radical (unpaired) electrons. The monoisotopic (exact) mass is 269 g/mol. The Morgan fingerprint density at radius 1 is 1.11 bits per heavy atom. The van der Waals surface area contributed by atoms with E-state index in [4.69, 9.17) is 15.3 Å². The summed E-state index contributed by atoms with van der Waals surface area (Å²) >= 11 is 1.61. The molecule has 0 atom stereocenters. The van der Waals surface area contributed by atoms with Gasteiger partial charge in [-0.3, -0.25) is 0 Å². The Morgan fingerprint density at radius 3 is 2.47 bits per heavy atom. The highest BCUT2D eigenvalue weighted by Crippen LogP contribution is 2.21. The molecule has 2 N–H and O–H groups in total. The van der Waals surface area contributed by atoms with Crippen LogP contribution in [-0.4, -0.2) is 17.2 Å². The van der Waals surface area contributed by atoms with E-state index in [-0.39, 0.29) is 0 Å². The van der Waals surface area contributed by atoms with Crippen LogP contribution in [0.4, 0.5) is 0 Å². The van der Waals surface area contributed by atoms with Crippen molar-refractivity contribution in [3.05, 3.63) is 59.7 Å². The summed E-state index contributed by atoms with van der Waals surface area (Å²) in [4.78, 5) is 0.981. The fraction of sp³-hybridized carbons (Fsp3) is 0.0714. The van der Waals surface area contributed by atoms with Crippen molar-refractivity contribution >= 4 is 24.3 Å². The number of nitriles is 1. The highest BCUT2D eigenvalue weighted by molar-refractivity contribution is 7.98. The Bertz CT molecular complexity index is 593. The standard InChI is InChI=1S/C14H12BNO2S/c16-9-11-4-6-12(7-5-11)10-19-14-3-1-2-13(8-14)15(17)18/h1-8,17-18H,10H2. The van der Waals surface area contributed by atoms with Crippen molar-refractivity contribution in [2.45, 2.75) is 10.6 Å². The molecule has 3 nitrogen and oxygen atoms in total. The van der Waals surface area contributed by atoms with Crippen LogP contribution in [0.2, 0.25) is 0 Å². The molecule has 0 saturated heterocycles. The van der Waals surface area contributed by atoms with Gasteiger partial charge >= 0.3 is 7.12 Å². The molecule has 0 saturated carbocycles. The predicted molar refractivity (Wildman–Crippen MR) is 77.0 cm³/mol. The lowest BCUT2D eigenvalue weighted by atomic mass is 9.80. The Morgan fingerprint density at radius 2 is 1.84 bits per heavy atom. The molecule has 5 heteroatoms. The van der Waals surface area contributed by atoms with Crippen molar-refractivity contribution in [1.29, 1.82) is 5.26 Å². The van der Waals surface area contributed by atoms with Crippen molar-refractivity contribution < 1.29 is 10.0 Å². The van der Waals surface area contributed by atoms with E-state index in [0.717, 1.165) is 16.2 Å². The molecule has 2 aromatic carbocycles. The number of hydrogen-bond donors (Lipinski definition) is 2. The first-order valence-corrected chi connectivity index (χ1v) is 6.75. The zero-order valence-electron chi connectivity index (χ0n) is 10.2. The lowest BCUT2D eigenvalue weighted by Gasteiger charge is -2.05. The number of hydrogen-bond acceptors (Lipinski definition) is 4. The second kappa shape index (κ2) is 6.44. The third kappa shape index (κ3) is 3.86. The van der Waals surface area contributed by atoms with Crippen molar-refractivity contribution in [2.24, 2.45) is 0 Å². The zero-order chi connectivity index (χ0) is 13.7. The highest BCUT2D eigenvalue weighted by Gasteiger charge is 2.10. The smallest absolute Gasteiger partial charge is 0.423 e. The number of nitrogens with zero attached hydrogens (tertiary/aromatic N) is 1. The van der Waals surface area contributed by atoms with E-state index < -0.39 is 7.12 Å². The first-order chi connectivity index (χ1) is 9.19. The molecule has 0 aliphatic rings. The molecule has 2 rings (SSSR count). The van der Waals surface area contributed by atoms with Gasteiger partial charge in [-0.2, -0.15) is 5.26 Å². The van der Waals surface area contributed by atoms with E-state index in [1.54, 1.807) is 42.1 Å². The van der Waals surface area contributed by atoms with Crippen molar-refractivity contribution in [1.82, 2.24) is 0 Å². The number of benzene rings is 2. The van der Waals surface area contributed by atoms with E-state index in [1.807, 2.05) is 18.2 Å². The summed E-state index contributed by atoms with van der Waals surface area (Å²) in [6.45, 7) is 0. The molecule has 19 heavy (non-hydrogen) atoms. The average molecular weight is 269 g/mol. The van der Waals surface area contributed by atoms with Gasteiger partial charge < -0.3 is 10.0 Å². The molecule has 0 spiro atoms. The molecule has 0 aromatic heterocycles. The largest absolute Gasteiger partial charge is 0.488 e. The van der Waals surface area contributed by atoms with Crippen LogP contribution in [0.5, 0.6) is 0 Å². The fourth-order valence-corrected chi connectivity index (χ4v) is 2.53. The van der Waals surface area contributed by atoms with E-state index in [9.17, 15) is 0 Å². The number of rotatable bonds is 4. The lowest BCUT2D eigenvalue weighted by Crippen LogP contribution is -2.29. The lowest BCUT2D eigenvalue weighted by molar-refractivity contribution is 0.425. The normalized spacial score (nSPS) is 9.95. The number of thioether (sulfide) groups is 1. The molecule has 94 valence electrons. The zero-order valence-corrected chi connectivity index (χ0v) is 11.0. The van der Waals surface area contributed by atoms with Gasteiger partial charge in [-0.15, -0.1) is 11.8 Å². The maximum atomic E-state index is 9.11. The van der Waals surface area contributed by atoms with Crippen LogP contribution in [0.1, 0.15) is 11.1 Å². The van der Waals surface area contributed by atoms with E-state index >= 15 is 0 Å². The first-order valence-electron chi connectivity index (χ1n) is 5.77. The second-order valence-electron chi connectivity index (χ2n) is 4.04. The first kappa shape index (κ1) is 13.7. The Labute approximate surface area is 116 Å². The second-order valence-corrected chi connectivity index (χ2v) is 5.09. The molecule has 0 heterocycles. The van der Waals surface area contributed by atoms with E-state index in [2.05, 4.69) is 6.07 Å². The minimum Gasteiger partial charge on any atom is -0.423 e. The van der Waals surface area contributed by atoms with Crippen LogP contribution in [0, 0.1) is 11.3 Å². The maximum Gasteiger partial charge on any atom is 0.488 e. The molecule has 0 aliphatic carbocycles. The average Bonchev–Trinajstić information content (AvgIpc) is 2.46. The van der Waals surface area contributed by atoms with Crippen LogP contribution in [0.15, 0.2) is 53.4 Å². The molecular formula is C14H12BNO2S. The van der Waals surface area contributed by atoms with Crippen LogP contribution in [0.25, 0.3) is 0 Å². The van der Waals surface area contributed by atoms with Crippen LogP contribution in [-0.2, 0) is 5.75 Å². The van der Waals surface area contributed by atoms with Gasteiger partial charge in [0.05, 0.1) is 11.6 Å². The van der Waals surface area contributed by atoms with E-state index in [1.165, 1.54) is 0 Å². The third-order valence-electron chi connectivity index (χ3n) is 2.64. The Hall–Kier alpha value is -1.74. The van der Waals surface area contributed by atoms with Gasteiger partial charge in [-0.1, -0.05) is 24.3 Å². The summed E-state index contributed by atoms with van der Waals surface area (Å²) in [6.07, 6.45) is 0. The van der Waals surface area contributed by atoms with Gasteiger partial charge in [0.1, 0.15) is 0 Å². The summed E-state index contributed by atoms with van der Waals surface area (Å²) in [5, 5.41) is 26.9. The van der Waals surface area contributed by atoms with Crippen LogP contribution < -0.4 is 5.46 Å². The van der Waals surface area contributed by atoms with Crippen LogP contribution in [0.3, 0.4) is 0 Å². The minimum absolute atomic E-state index is 0.491. The highest BCUT2D eigenvalue weighted by atomic mass is 32.2. The van der Waals surface area contributed by atoms with Crippen molar-refractivity contribution in [3.8, 4) is 6.07 Å². The molecule has 0 fully saturated rings. The maximum absolute atomic E-state index is 9.11. The molecular weight excluding hydrogens is 257 g/mol. The van der Waals surface area contributed by atoms with Gasteiger partial charge in [0.15, 0.2) is 0 Å². The SMILES string of the molecule is N#Cc1ccc(CSc2cccc(B(O)O)c2)cc1. The minimum atomic E-state index is -1.43. The van der Waals surface area contributed by atoms with Crippen molar-refractivity contribution in [2.75, 3.05) is 0 Å². The third-order valence-corrected chi connectivity index (χ3v) is 3.71. The molecule has 0 amide bonds.